The van der Waals surface area contributed by atoms with E-state index >= 15 is 0 Å². The Morgan fingerprint density at radius 3 is 2.63 bits per heavy atom. The quantitative estimate of drug-likeness (QED) is 0.688. The Kier molecular flexibility index (Phi) is 6.28. The fourth-order valence-electron chi connectivity index (χ4n) is 2.65. The Hall–Kier alpha value is -3.22. The van der Waals surface area contributed by atoms with Gasteiger partial charge < -0.3 is 24.7 Å². The fourth-order valence-corrected chi connectivity index (χ4v) is 2.65. The zero-order chi connectivity index (χ0) is 20.1. The molecule has 1 unspecified atom stereocenters. The SMILES string of the molecule is C=C(C)COc1ccc(C(CC(N)=O)c2oc(C)cc(=O)c2O)cc1OC. The van der Waals surface area contributed by atoms with Crippen LogP contribution < -0.4 is 20.6 Å². The van der Waals surface area contributed by atoms with E-state index in [-0.39, 0.29) is 12.2 Å². The van der Waals surface area contributed by atoms with E-state index in [0.717, 1.165) is 5.57 Å². The number of nitrogens with two attached hydrogens (primary N) is 1. The largest absolute Gasteiger partial charge is 0.502 e. The Bertz CT molecular complexity index is 915. The highest BCUT2D eigenvalue weighted by Gasteiger charge is 2.26. The number of hydrogen-bond acceptors (Lipinski definition) is 6. The van der Waals surface area contributed by atoms with Crippen LogP contribution >= 0.6 is 0 Å². The van der Waals surface area contributed by atoms with Gasteiger partial charge in [-0.15, -0.1) is 0 Å². The molecule has 0 fully saturated rings. The third-order valence-electron chi connectivity index (χ3n) is 3.86. The Morgan fingerprint density at radius 1 is 1.33 bits per heavy atom. The molecule has 1 aromatic heterocycles. The second kappa shape index (κ2) is 8.44. The van der Waals surface area contributed by atoms with E-state index < -0.39 is 23.0 Å². The van der Waals surface area contributed by atoms with Crippen LogP contribution in [-0.4, -0.2) is 24.7 Å². The summed E-state index contributed by atoms with van der Waals surface area (Å²) < 4.78 is 16.5. The minimum atomic E-state index is -0.751. The van der Waals surface area contributed by atoms with Gasteiger partial charge in [0.2, 0.25) is 17.1 Å². The molecule has 0 saturated heterocycles. The number of aromatic hydroxyl groups is 1. The lowest BCUT2D eigenvalue weighted by molar-refractivity contribution is -0.118. The predicted molar refractivity (Wildman–Crippen MR) is 100 cm³/mol. The Morgan fingerprint density at radius 2 is 2.04 bits per heavy atom. The first-order valence-electron chi connectivity index (χ1n) is 8.30. The highest BCUT2D eigenvalue weighted by molar-refractivity contribution is 5.75. The van der Waals surface area contributed by atoms with Crippen molar-refractivity contribution in [3.8, 4) is 17.2 Å². The van der Waals surface area contributed by atoms with Crippen LogP contribution in [0, 0.1) is 6.92 Å². The van der Waals surface area contributed by atoms with Crippen LogP contribution in [-0.2, 0) is 4.79 Å². The van der Waals surface area contributed by atoms with Crippen LogP contribution in [0.4, 0.5) is 0 Å². The molecule has 0 saturated carbocycles. The van der Waals surface area contributed by atoms with Gasteiger partial charge in [-0.1, -0.05) is 12.6 Å². The minimum Gasteiger partial charge on any atom is -0.502 e. The van der Waals surface area contributed by atoms with Crippen LogP contribution in [0.3, 0.4) is 0 Å². The number of carbonyl (C=O) groups excluding carboxylic acids is 1. The fraction of sp³-hybridized carbons (Fsp3) is 0.300. The summed E-state index contributed by atoms with van der Waals surface area (Å²) in [6.45, 7) is 7.53. The van der Waals surface area contributed by atoms with Crippen LogP contribution in [0.2, 0.25) is 0 Å². The average Bonchev–Trinajstić information content (AvgIpc) is 2.60. The van der Waals surface area contributed by atoms with E-state index in [1.54, 1.807) is 25.1 Å². The summed E-state index contributed by atoms with van der Waals surface area (Å²) in [7, 11) is 1.49. The lowest BCUT2D eigenvalue weighted by Gasteiger charge is -2.18. The maximum Gasteiger partial charge on any atom is 0.227 e. The van der Waals surface area contributed by atoms with E-state index in [1.165, 1.54) is 13.2 Å². The van der Waals surface area contributed by atoms with Gasteiger partial charge in [-0.05, 0) is 37.1 Å². The summed E-state index contributed by atoms with van der Waals surface area (Å²) >= 11 is 0. The summed E-state index contributed by atoms with van der Waals surface area (Å²) in [4.78, 5) is 23.5. The third-order valence-corrected chi connectivity index (χ3v) is 3.86. The number of methoxy groups -OCH3 is 1. The van der Waals surface area contributed by atoms with Gasteiger partial charge in [-0.3, -0.25) is 9.59 Å². The molecule has 0 aliphatic rings. The highest BCUT2D eigenvalue weighted by Crippen LogP contribution is 2.37. The lowest BCUT2D eigenvalue weighted by Crippen LogP contribution is -2.18. The van der Waals surface area contributed by atoms with Crippen molar-refractivity contribution in [1.82, 2.24) is 0 Å². The number of amides is 1. The summed E-state index contributed by atoms with van der Waals surface area (Å²) in [5.41, 5.74) is 6.21. The number of primary amides is 1. The van der Waals surface area contributed by atoms with Gasteiger partial charge in [0.1, 0.15) is 12.4 Å². The van der Waals surface area contributed by atoms with E-state index in [1.807, 2.05) is 6.92 Å². The van der Waals surface area contributed by atoms with Crippen molar-refractivity contribution >= 4 is 5.91 Å². The molecule has 1 amide bonds. The molecule has 0 aliphatic carbocycles. The number of ether oxygens (including phenoxy) is 2. The molecule has 1 atom stereocenters. The van der Waals surface area contributed by atoms with Crippen molar-refractivity contribution in [2.24, 2.45) is 5.73 Å². The van der Waals surface area contributed by atoms with Gasteiger partial charge in [0.05, 0.1) is 13.0 Å². The molecule has 0 spiro atoms. The lowest BCUT2D eigenvalue weighted by atomic mass is 9.91. The molecule has 1 aromatic carbocycles. The molecule has 1 heterocycles. The first-order chi connectivity index (χ1) is 12.7. The molecular formula is C20H23NO6. The Labute approximate surface area is 157 Å². The van der Waals surface area contributed by atoms with Crippen LogP contribution in [0.5, 0.6) is 17.2 Å². The molecule has 2 aromatic rings. The van der Waals surface area contributed by atoms with Crippen molar-refractivity contribution < 1.29 is 23.8 Å². The summed E-state index contributed by atoms with van der Waals surface area (Å²) in [6.07, 6.45) is -0.158. The monoisotopic (exact) mass is 373 g/mol. The molecule has 2 rings (SSSR count). The summed E-state index contributed by atoms with van der Waals surface area (Å²) in [5.74, 6) is -0.681. The standard InChI is InChI=1S/C20H23NO6/c1-11(2)10-26-16-6-5-13(8-17(16)25-4)14(9-18(21)23)20-19(24)15(22)7-12(3)27-20/h5-8,14,24H,1,9-10H2,2-4H3,(H2,21,23). The van der Waals surface area contributed by atoms with E-state index in [0.29, 0.717) is 29.4 Å². The molecule has 7 nitrogen and oxygen atoms in total. The first-order valence-corrected chi connectivity index (χ1v) is 8.30. The smallest absolute Gasteiger partial charge is 0.227 e. The minimum absolute atomic E-state index is 0.0172. The van der Waals surface area contributed by atoms with Crippen LogP contribution in [0.15, 0.2) is 45.6 Å². The molecule has 0 bridgehead atoms. The number of hydrogen-bond donors (Lipinski definition) is 2. The second-order valence-corrected chi connectivity index (χ2v) is 6.31. The molecule has 7 heteroatoms. The van der Waals surface area contributed by atoms with Gasteiger partial charge in [-0.2, -0.15) is 0 Å². The normalized spacial score (nSPS) is 11.7. The Balaban J connectivity index is 2.53. The molecule has 27 heavy (non-hydrogen) atoms. The molecular weight excluding hydrogens is 350 g/mol. The van der Waals surface area contributed by atoms with Gasteiger partial charge in [0.15, 0.2) is 17.3 Å². The average molecular weight is 373 g/mol. The van der Waals surface area contributed by atoms with Crippen molar-refractivity contribution in [3.63, 3.8) is 0 Å². The summed E-state index contributed by atoms with van der Waals surface area (Å²) in [6, 6.07) is 6.21. The number of aryl methyl sites for hydroxylation is 1. The van der Waals surface area contributed by atoms with Gasteiger partial charge in [0, 0.05) is 12.5 Å². The van der Waals surface area contributed by atoms with Crippen molar-refractivity contribution in [3.05, 3.63) is 63.7 Å². The predicted octanol–water partition coefficient (Wildman–Crippen LogP) is 2.62. The maximum absolute atomic E-state index is 11.9. The molecule has 0 aliphatic heterocycles. The van der Waals surface area contributed by atoms with Crippen LogP contribution in [0.25, 0.3) is 0 Å². The van der Waals surface area contributed by atoms with E-state index in [9.17, 15) is 14.7 Å². The molecule has 0 radical (unpaired) electrons. The first kappa shape index (κ1) is 20.1. The molecule has 144 valence electrons. The number of benzene rings is 1. The summed E-state index contributed by atoms with van der Waals surface area (Å²) in [5, 5.41) is 10.2. The third kappa shape index (κ3) is 4.91. The van der Waals surface area contributed by atoms with Gasteiger partial charge >= 0.3 is 0 Å². The maximum atomic E-state index is 11.9. The van der Waals surface area contributed by atoms with Crippen molar-refractivity contribution in [1.29, 1.82) is 0 Å². The van der Waals surface area contributed by atoms with E-state index in [2.05, 4.69) is 6.58 Å². The second-order valence-electron chi connectivity index (χ2n) is 6.31. The topological polar surface area (TPSA) is 112 Å². The van der Waals surface area contributed by atoms with Gasteiger partial charge in [-0.25, -0.2) is 0 Å². The number of carbonyl (C=O) groups is 1. The number of rotatable bonds is 8. The zero-order valence-corrected chi connectivity index (χ0v) is 15.6. The van der Waals surface area contributed by atoms with Gasteiger partial charge in [0.25, 0.3) is 0 Å². The molecule has 3 N–H and O–H groups in total. The van der Waals surface area contributed by atoms with Crippen LogP contribution in [0.1, 0.15) is 36.3 Å². The highest BCUT2D eigenvalue weighted by atomic mass is 16.5. The van der Waals surface area contributed by atoms with E-state index in [4.69, 9.17) is 19.6 Å². The van der Waals surface area contributed by atoms with Crippen molar-refractivity contribution in [2.75, 3.05) is 13.7 Å². The van der Waals surface area contributed by atoms with Crippen molar-refractivity contribution in [2.45, 2.75) is 26.2 Å². The zero-order valence-electron chi connectivity index (χ0n) is 15.6.